The first-order chi connectivity index (χ1) is 15.4. The van der Waals surface area contributed by atoms with Crippen molar-refractivity contribution in [3.05, 3.63) is 75.3 Å². The molecule has 10 heteroatoms. The number of nitro benzene ring substituents is 1. The maximum atomic E-state index is 12.8. The Hall–Kier alpha value is -3.08. The number of thiazole rings is 1. The molecule has 0 atom stereocenters. The summed E-state index contributed by atoms with van der Waals surface area (Å²) in [7, 11) is -3.32. The van der Waals surface area contributed by atoms with Gasteiger partial charge >= 0.3 is 0 Å². The Bertz CT molecular complexity index is 1210. The number of aromatic nitrogens is 1. The van der Waals surface area contributed by atoms with Crippen LogP contribution in [0.4, 0.5) is 16.5 Å². The van der Waals surface area contributed by atoms with E-state index in [0.717, 1.165) is 29.2 Å². The zero-order valence-electron chi connectivity index (χ0n) is 17.1. The number of nitrogens with zero attached hydrogens (tertiary/aromatic N) is 2. The third kappa shape index (κ3) is 5.21. The minimum Gasteiger partial charge on any atom is -0.332 e. The van der Waals surface area contributed by atoms with Crippen molar-refractivity contribution in [1.29, 1.82) is 0 Å². The quantitative estimate of drug-likeness (QED) is 0.386. The van der Waals surface area contributed by atoms with Gasteiger partial charge in [-0.1, -0.05) is 17.4 Å². The fourth-order valence-electron chi connectivity index (χ4n) is 3.46. The molecular formula is C22H22N4O4S2. The molecule has 1 aliphatic heterocycles. The number of nitrogens with one attached hydrogen (secondary N) is 2. The summed E-state index contributed by atoms with van der Waals surface area (Å²) in [6.07, 6.45) is 6.75. The van der Waals surface area contributed by atoms with E-state index < -0.39 is 14.8 Å². The minimum absolute atomic E-state index is 0.0565. The molecule has 1 aromatic heterocycles. The lowest BCUT2D eigenvalue weighted by Crippen LogP contribution is -2.35. The molecule has 1 saturated heterocycles. The van der Waals surface area contributed by atoms with Crippen LogP contribution < -0.4 is 10.6 Å². The lowest BCUT2D eigenvalue weighted by molar-refractivity contribution is -0.384. The fraction of sp³-hybridized carbons (Fsp3) is 0.227. The molecule has 0 amide bonds. The van der Waals surface area contributed by atoms with Crippen LogP contribution in [-0.4, -0.2) is 36.7 Å². The molecule has 0 bridgehead atoms. The Morgan fingerprint density at radius 1 is 1.06 bits per heavy atom. The van der Waals surface area contributed by atoms with Crippen molar-refractivity contribution in [1.82, 2.24) is 10.3 Å². The topological polar surface area (TPSA) is 114 Å². The number of anilines is 2. The summed E-state index contributed by atoms with van der Waals surface area (Å²) in [5.74, 6) is 0. The molecule has 166 valence electrons. The van der Waals surface area contributed by atoms with Gasteiger partial charge in [-0.05, 0) is 74.0 Å². The van der Waals surface area contributed by atoms with Crippen molar-refractivity contribution in [3.63, 3.8) is 0 Å². The van der Waals surface area contributed by atoms with Gasteiger partial charge in [-0.15, -0.1) is 0 Å². The Kier molecular flexibility index (Phi) is 6.63. The second-order valence-electron chi connectivity index (χ2n) is 7.39. The third-order valence-electron chi connectivity index (χ3n) is 5.23. The van der Waals surface area contributed by atoms with Gasteiger partial charge in [-0.3, -0.25) is 10.1 Å². The highest BCUT2D eigenvalue weighted by atomic mass is 32.2. The number of non-ortho nitro benzene ring substituents is 1. The van der Waals surface area contributed by atoms with Crippen molar-refractivity contribution >= 4 is 49.8 Å². The van der Waals surface area contributed by atoms with Crippen LogP contribution in [0.25, 0.3) is 12.2 Å². The Morgan fingerprint density at radius 2 is 1.75 bits per heavy atom. The lowest BCUT2D eigenvalue weighted by Gasteiger charge is -2.22. The largest absolute Gasteiger partial charge is 0.332 e. The summed E-state index contributed by atoms with van der Waals surface area (Å²) < 4.78 is 25.6. The van der Waals surface area contributed by atoms with E-state index in [1.807, 2.05) is 12.2 Å². The molecule has 0 unspecified atom stereocenters. The van der Waals surface area contributed by atoms with Gasteiger partial charge in [0.05, 0.1) is 15.1 Å². The number of rotatable bonds is 7. The molecule has 8 nitrogen and oxygen atoms in total. The summed E-state index contributed by atoms with van der Waals surface area (Å²) >= 11 is 1.45. The molecule has 32 heavy (non-hydrogen) atoms. The summed E-state index contributed by atoms with van der Waals surface area (Å²) in [5.41, 5.74) is 1.67. The van der Waals surface area contributed by atoms with Gasteiger partial charge in [-0.2, -0.15) is 0 Å². The molecule has 1 aliphatic rings. The van der Waals surface area contributed by atoms with Crippen molar-refractivity contribution in [2.75, 3.05) is 18.4 Å². The number of nitro groups is 1. The van der Waals surface area contributed by atoms with Gasteiger partial charge in [0.15, 0.2) is 15.0 Å². The van der Waals surface area contributed by atoms with Gasteiger partial charge < -0.3 is 10.6 Å². The van der Waals surface area contributed by atoms with Crippen LogP contribution in [0.3, 0.4) is 0 Å². The van der Waals surface area contributed by atoms with Crippen LogP contribution in [0, 0.1) is 10.1 Å². The van der Waals surface area contributed by atoms with Gasteiger partial charge in [0, 0.05) is 28.9 Å². The molecule has 0 aliphatic carbocycles. The first kappa shape index (κ1) is 22.1. The summed E-state index contributed by atoms with van der Waals surface area (Å²) in [6, 6.07) is 13.1. The van der Waals surface area contributed by atoms with Crippen molar-refractivity contribution in [3.8, 4) is 0 Å². The number of piperidine rings is 1. The molecule has 3 aromatic rings. The molecule has 4 rings (SSSR count). The average molecular weight is 471 g/mol. The Morgan fingerprint density at radius 3 is 2.41 bits per heavy atom. The lowest BCUT2D eigenvalue weighted by atomic mass is 10.2. The van der Waals surface area contributed by atoms with E-state index in [0.29, 0.717) is 22.9 Å². The molecular weight excluding hydrogens is 448 g/mol. The maximum Gasteiger partial charge on any atom is 0.269 e. The molecule has 0 radical (unpaired) electrons. The smallest absolute Gasteiger partial charge is 0.269 e. The number of hydrogen-bond acceptors (Lipinski definition) is 8. The highest BCUT2D eigenvalue weighted by Gasteiger charge is 2.28. The third-order valence-corrected chi connectivity index (χ3v) is 8.38. The highest BCUT2D eigenvalue weighted by Crippen LogP contribution is 2.27. The van der Waals surface area contributed by atoms with Crippen molar-refractivity contribution < 1.29 is 13.3 Å². The van der Waals surface area contributed by atoms with Crippen LogP contribution in [0.1, 0.15) is 23.3 Å². The summed E-state index contributed by atoms with van der Waals surface area (Å²) in [4.78, 5) is 15.9. The van der Waals surface area contributed by atoms with Crippen LogP contribution in [0.2, 0.25) is 0 Å². The maximum absolute atomic E-state index is 12.8. The van der Waals surface area contributed by atoms with E-state index in [9.17, 15) is 18.5 Å². The molecule has 0 saturated carbocycles. The number of sulfone groups is 1. The highest BCUT2D eigenvalue weighted by molar-refractivity contribution is 7.92. The normalized spacial score (nSPS) is 15.1. The van der Waals surface area contributed by atoms with E-state index in [-0.39, 0.29) is 10.9 Å². The molecule has 2 N–H and O–H groups in total. The second-order valence-corrected chi connectivity index (χ2v) is 10.7. The van der Waals surface area contributed by atoms with Crippen molar-refractivity contribution in [2.24, 2.45) is 0 Å². The van der Waals surface area contributed by atoms with E-state index in [1.54, 1.807) is 42.6 Å². The van der Waals surface area contributed by atoms with Crippen LogP contribution in [-0.2, 0) is 9.84 Å². The summed E-state index contributed by atoms with van der Waals surface area (Å²) in [6.45, 7) is 1.46. The molecule has 1 fully saturated rings. The van der Waals surface area contributed by atoms with Gasteiger partial charge in [0.2, 0.25) is 0 Å². The first-order valence-corrected chi connectivity index (χ1v) is 12.5. The second kappa shape index (κ2) is 9.60. The number of hydrogen-bond donors (Lipinski definition) is 2. The monoisotopic (exact) mass is 470 g/mol. The SMILES string of the molecule is O=[N+]([O-])c1ccc(/C=C/c2cnc(Nc3ccc(S(=O)(=O)C4CCNCC4)cc3)s2)cc1. The fourth-order valence-corrected chi connectivity index (χ4v) is 5.95. The average Bonchev–Trinajstić information content (AvgIpc) is 3.26. The van der Waals surface area contributed by atoms with Gasteiger partial charge in [0.1, 0.15) is 0 Å². The predicted octanol–water partition coefficient (Wildman–Crippen LogP) is 4.49. The standard InChI is InChI=1S/C22H22N4O4S2/c27-26(28)18-6-1-16(2-7-18)3-8-19-15-24-22(31-19)25-17-4-9-20(10-5-17)32(29,30)21-11-13-23-14-12-21/h1-10,15,21,23H,11-14H2,(H,24,25)/b8-3+. The Labute approximate surface area is 190 Å². The van der Waals surface area contributed by atoms with E-state index in [4.69, 9.17) is 0 Å². The zero-order chi connectivity index (χ0) is 22.6. The summed E-state index contributed by atoms with van der Waals surface area (Å²) in [5, 5.41) is 17.5. The van der Waals surface area contributed by atoms with Crippen LogP contribution >= 0.6 is 11.3 Å². The zero-order valence-corrected chi connectivity index (χ0v) is 18.7. The molecule has 0 spiro atoms. The first-order valence-electron chi connectivity index (χ1n) is 10.1. The van der Waals surface area contributed by atoms with E-state index in [2.05, 4.69) is 15.6 Å². The van der Waals surface area contributed by atoms with E-state index >= 15 is 0 Å². The molecule has 2 heterocycles. The Balaban J connectivity index is 1.39. The molecule has 2 aromatic carbocycles. The van der Waals surface area contributed by atoms with E-state index in [1.165, 1.54) is 23.5 Å². The van der Waals surface area contributed by atoms with Gasteiger partial charge in [-0.25, -0.2) is 13.4 Å². The number of benzene rings is 2. The van der Waals surface area contributed by atoms with Crippen LogP contribution in [0.5, 0.6) is 0 Å². The van der Waals surface area contributed by atoms with Crippen molar-refractivity contribution in [2.45, 2.75) is 23.0 Å². The minimum atomic E-state index is -3.32. The van der Waals surface area contributed by atoms with Gasteiger partial charge in [0.25, 0.3) is 5.69 Å². The predicted molar refractivity (Wildman–Crippen MR) is 127 cm³/mol. The van der Waals surface area contributed by atoms with Crippen LogP contribution in [0.15, 0.2) is 59.6 Å².